The van der Waals surface area contributed by atoms with Gasteiger partial charge in [0, 0.05) is 48.1 Å². The van der Waals surface area contributed by atoms with E-state index < -0.39 is 5.56 Å². The molecule has 10 heteroatoms. The zero-order valence-corrected chi connectivity index (χ0v) is 18.5. The van der Waals surface area contributed by atoms with Crippen LogP contribution >= 0.6 is 11.6 Å². The van der Waals surface area contributed by atoms with Crippen LogP contribution in [0.4, 0.5) is 5.69 Å². The number of piperazine rings is 1. The summed E-state index contributed by atoms with van der Waals surface area (Å²) in [5.41, 5.74) is 9.19. The summed E-state index contributed by atoms with van der Waals surface area (Å²) in [6.45, 7) is 1.07. The molecule has 0 bridgehead atoms. The number of amides is 2. The number of anilines is 1. The number of H-pyrrole nitrogens is 1. The number of rotatable bonds is 5. The number of pyridine rings is 1. The monoisotopic (exact) mass is 464 g/mol. The van der Waals surface area contributed by atoms with Gasteiger partial charge in [0.15, 0.2) is 0 Å². The first-order valence-corrected chi connectivity index (χ1v) is 10.5. The van der Waals surface area contributed by atoms with Crippen LogP contribution in [0.15, 0.2) is 64.6 Å². The summed E-state index contributed by atoms with van der Waals surface area (Å²) in [7, 11) is 1.72. The number of hydrogen-bond donors (Lipinski definition) is 3. The number of benzene rings is 2. The maximum Gasteiger partial charge on any atom is 0.258 e. The van der Waals surface area contributed by atoms with Gasteiger partial charge in [0.2, 0.25) is 5.91 Å². The molecule has 9 nitrogen and oxygen atoms in total. The lowest BCUT2D eigenvalue weighted by atomic mass is 10.1. The number of aromatic amines is 1. The van der Waals surface area contributed by atoms with E-state index in [1.165, 1.54) is 11.1 Å². The summed E-state index contributed by atoms with van der Waals surface area (Å²) in [5, 5.41) is 7.75. The average Bonchev–Trinajstić information content (AvgIpc) is 2.81. The lowest BCUT2D eigenvalue weighted by molar-refractivity contribution is -0.133. The number of nitrogens with zero attached hydrogens (tertiary/aromatic N) is 3. The van der Waals surface area contributed by atoms with Crippen molar-refractivity contribution in [1.29, 1.82) is 5.53 Å². The van der Waals surface area contributed by atoms with Gasteiger partial charge < -0.3 is 20.1 Å². The average molecular weight is 465 g/mol. The second-order valence-electron chi connectivity index (χ2n) is 7.65. The Labute approximate surface area is 194 Å². The van der Waals surface area contributed by atoms with Gasteiger partial charge in [-0.1, -0.05) is 17.7 Å². The summed E-state index contributed by atoms with van der Waals surface area (Å²) >= 11 is 5.97. The Bertz CT molecular complexity index is 1330. The van der Waals surface area contributed by atoms with Crippen molar-refractivity contribution in [3.63, 3.8) is 0 Å². The SMILES string of the molecule is CN1CCN(C(=O)c2ccc(N/C=C(\N=N)c3cc4ccc(Cl)cc4[nH]c3=O)cc2)CC1=O. The Morgan fingerprint density at radius 1 is 1.15 bits per heavy atom. The van der Waals surface area contributed by atoms with E-state index in [9.17, 15) is 14.4 Å². The minimum Gasteiger partial charge on any atom is -0.360 e. The predicted octanol–water partition coefficient (Wildman–Crippen LogP) is 3.54. The molecule has 4 rings (SSSR count). The standard InChI is InChI=1S/C23H21ClN6O3/c1-29-8-9-30(13-21(29)31)23(33)14-3-6-17(7-4-14)26-12-20(28-25)18-10-15-2-5-16(24)11-19(15)27-22(18)32/h2-7,10-12,25-26H,8-9,13H2,1H3,(H,27,32)/b20-12-,28-25?. The first-order chi connectivity index (χ1) is 15.9. The molecular weight excluding hydrogens is 444 g/mol. The quantitative estimate of drug-likeness (QED) is 0.500. The highest BCUT2D eigenvalue weighted by Crippen LogP contribution is 2.21. The second kappa shape index (κ2) is 9.25. The molecule has 0 unspecified atom stereocenters. The van der Waals surface area contributed by atoms with Crippen molar-refractivity contribution < 1.29 is 9.59 Å². The van der Waals surface area contributed by atoms with E-state index in [0.29, 0.717) is 34.9 Å². The third-order valence-corrected chi connectivity index (χ3v) is 5.69. The zero-order chi connectivity index (χ0) is 23.5. The molecule has 1 fully saturated rings. The molecule has 0 radical (unpaired) electrons. The molecule has 1 aliphatic rings. The van der Waals surface area contributed by atoms with E-state index in [1.54, 1.807) is 60.5 Å². The van der Waals surface area contributed by atoms with Gasteiger partial charge >= 0.3 is 0 Å². The molecule has 0 saturated carbocycles. The number of nitrogens with one attached hydrogen (secondary N) is 3. The highest BCUT2D eigenvalue weighted by atomic mass is 35.5. The molecule has 1 aliphatic heterocycles. The van der Waals surface area contributed by atoms with Gasteiger partial charge in [0.25, 0.3) is 11.5 Å². The van der Waals surface area contributed by atoms with Gasteiger partial charge in [-0.2, -0.15) is 5.11 Å². The molecule has 33 heavy (non-hydrogen) atoms. The van der Waals surface area contributed by atoms with Crippen LogP contribution in [0, 0.1) is 5.53 Å². The van der Waals surface area contributed by atoms with Crippen LogP contribution in [0.25, 0.3) is 16.6 Å². The number of halogens is 1. The fourth-order valence-electron chi connectivity index (χ4n) is 3.51. The third-order valence-electron chi connectivity index (χ3n) is 5.46. The van der Waals surface area contributed by atoms with Crippen LogP contribution in [0.5, 0.6) is 0 Å². The maximum atomic E-state index is 12.7. The number of fused-ring (bicyclic) bond motifs is 1. The van der Waals surface area contributed by atoms with Crippen molar-refractivity contribution in [2.45, 2.75) is 0 Å². The highest BCUT2D eigenvalue weighted by Gasteiger charge is 2.25. The van der Waals surface area contributed by atoms with Crippen molar-refractivity contribution in [3.05, 3.63) is 81.2 Å². The number of hydrogen-bond acceptors (Lipinski definition) is 6. The van der Waals surface area contributed by atoms with Gasteiger partial charge in [-0.05, 0) is 47.9 Å². The Morgan fingerprint density at radius 3 is 2.61 bits per heavy atom. The fourth-order valence-corrected chi connectivity index (χ4v) is 3.68. The van der Waals surface area contributed by atoms with E-state index in [1.807, 2.05) is 0 Å². The molecule has 0 atom stereocenters. The van der Waals surface area contributed by atoms with Crippen LogP contribution < -0.4 is 10.9 Å². The zero-order valence-electron chi connectivity index (χ0n) is 17.8. The molecule has 2 aromatic carbocycles. The van der Waals surface area contributed by atoms with Crippen LogP contribution in [-0.4, -0.2) is 53.3 Å². The van der Waals surface area contributed by atoms with Gasteiger partial charge in [-0.25, -0.2) is 5.53 Å². The molecule has 3 N–H and O–H groups in total. The minimum atomic E-state index is -0.392. The molecule has 2 heterocycles. The van der Waals surface area contributed by atoms with Gasteiger partial charge in [-0.3, -0.25) is 14.4 Å². The number of carbonyl (C=O) groups excluding carboxylic acids is 2. The fraction of sp³-hybridized carbons (Fsp3) is 0.174. The Morgan fingerprint density at radius 2 is 1.91 bits per heavy atom. The highest BCUT2D eigenvalue weighted by molar-refractivity contribution is 6.31. The molecule has 168 valence electrons. The molecule has 0 aliphatic carbocycles. The van der Waals surface area contributed by atoms with Crippen molar-refractivity contribution in [3.8, 4) is 0 Å². The van der Waals surface area contributed by atoms with Crippen molar-refractivity contribution in [1.82, 2.24) is 14.8 Å². The van der Waals surface area contributed by atoms with Crippen LogP contribution in [-0.2, 0) is 4.79 Å². The minimum absolute atomic E-state index is 0.0684. The maximum absolute atomic E-state index is 12.7. The lowest BCUT2D eigenvalue weighted by Gasteiger charge is -2.32. The van der Waals surface area contributed by atoms with Gasteiger partial charge in [0.1, 0.15) is 12.2 Å². The van der Waals surface area contributed by atoms with Crippen molar-refractivity contribution >= 4 is 45.7 Å². The summed E-state index contributed by atoms with van der Waals surface area (Å²) < 4.78 is 0. The molecule has 1 aromatic heterocycles. The second-order valence-corrected chi connectivity index (χ2v) is 8.09. The number of aromatic nitrogens is 1. The van der Waals surface area contributed by atoms with E-state index >= 15 is 0 Å². The Balaban J connectivity index is 1.50. The molecule has 3 aromatic rings. The molecule has 1 saturated heterocycles. The summed E-state index contributed by atoms with van der Waals surface area (Å²) in [6, 6.07) is 13.5. The lowest BCUT2D eigenvalue weighted by Crippen LogP contribution is -2.50. The Hall–Kier alpha value is -3.98. The number of likely N-dealkylation sites (N-methyl/N-ethyl adjacent to an activating group) is 1. The van der Waals surface area contributed by atoms with E-state index in [0.717, 1.165) is 5.39 Å². The van der Waals surface area contributed by atoms with E-state index in [4.69, 9.17) is 17.1 Å². The first kappa shape index (κ1) is 22.2. The molecule has 0 spiro atoms. The van der Waals surface area contributed by atoms with Crippen LogP contribution in [0.1, 0.15) is 15.9 Å². The molecular formula is C23H21ClN6O3. The van der Waals surface area contributed by atoms with E-state index in [2.05, 4.69) is 15.4 Å². The van der Waals surface area contributed by atoms with E-state index in [-0.39, 0.29) is 29.6 Å². The summed E-state index contributed by atoms with van der Waals surface area (Å²) in [5.74, 6) is -0.292. The van der Waals surface area contributed by atoms with Crippen molar-refractivity contribution in [2.75, 3.05) is 32.0 Å². The van der Waals surface area contributed by atoms with Crippen LogP contribution in [0.2, 0.25) is 5.02 Å². The predicted molar refractivity (Wildman–Crippen MR) is 126 cm³/mol. The van der Waals surface area contributed by atoms with Gasteiger partial charge in [-0.15, -0.1) is 0 Å². The topological polar surface area (TPSA) is 122 Å². The number of carbonyl (C=O) groups is 2. The summed E-state index contributed by atoms with van der Waals surface area (Å²) in [6.07, 6.45) is 1.45. The largest absolute Gasteiger partial charge is 0.360 e. The first-order valence-electron chi connectivity index (χ1n) is 10.2. The third kappa shape index (κ3) is 4.78. The Kier molecular flexibility index (Phi) is 6.23. The molecule has 2 amide bonds. The van der Waals surface area contributed by atoms with Gasteiger partial charge in [0.05, 0.1) is 5.56 Å². The summed E-state index contributed by atoms with van der Waals surface area (Å²) in [4.78, 5) is 42.9. The normalized spacial score (nSPS) is 14.5. The van der Waals surface area contributed by atoms with Crippen LogP contribution in [0.3, 0.4) is 0 Å². The smallest absolute Gasteiger partial charge is 0.258 e. The van der Waals surface area contributed by atoms with Crippen molar-refractivity contribution in [2.24, 2.45) is 5.11 Å².